The Morgan fingerprint density at radius 2 is 1.76 bits per heavy atom. The van der Waals surface area contributed by atoms with Crippen molar-refractivity contribution in [2.75, 3.05) is 0 Å². The summed E-state index contributed by atoms with van der Waals surface area (Å²) in [5, 5.41) is 4.26. The molecule has 1 aliphatic heterocycles. The minimum Gasteiger partial charge on any atom is -0.398 e. The second-order valence-electron chi connectivity index (χ2n) is 6.24. The van der Waals surface area contributed by atoms with Crippen molar-refractivity contribution in [3.63, 3.8) is 0 Å². The lowest BCUT2D eigenvalue weighted by molar-refractivity contribution is 0.00578. The average Bonchev–Trinajstić information content (AvgIpc) is 2.93. The fourth-order valence-electron chi connectivity index (χ4n) is 2.28. The molecule has 0 spiro atoms. The summed E-state index contributed by atoms with van der Waals surface area (Å²) in [6.45, 7) is 7.98. The zero-order chi connectivity index (χ0) is 15.3. The predicted octanol–water partition coefficient (Wildman–Crippen LogP) is 2.31. The van der Waals surface area contributed by atoms with Crippen LogP contribution in [0.3, 0.4) is 0 Å². The molecular weight excluding hydrogens is 270 g/mol. The van der Waals surface area contributed by atoms with E-state index in [0.717, 1.165) is 5.59 Å². The molecule has 0 aliphatic carbocycles. The van der Waals surface area contributed by atoms with Gasteiger partial charge in [0.2, 0.25) is 0 Å². The van der Waals surface area contributed by atoms with Crippen LogP contribution < -0.4 is 5.59 Å². The quantitative estimate of drug-likeness (QED) is 0.796. The van der Waals surface area contributed by atoms with E-state index in [1.165, 1.54) is 12.1 Å². The topological polar surface area (TPSA) is 36.3 Å². The Hall–Kier alpha value is -1.66. The smallest absolute Gasteiger partial charge is 0.398 e. The van der Waals surface area contributed by atoms with E-state index in [2.05, 4.69) is 5.10 Å². The fourth-order valence-corrected chi connectivity index (χ4v) is 2.28. The molecule has 0 saturated carbocycles. The maximum absolute atomic E-state index is 13.4. The number of hydrogen-bond acceptors (Lipinski definition) is 3. The molecule has 0 atom stereocenters. The molecule has 110 valence electrons. The van der Waals surface area contributed by atoms with Crippen LogP contribution in [0.1, 0.15) is 27.7 Å². The van der Waals surface area contributed by atoms with Crippen molar-refractivity contribution >= 4 is 12.7 Å². The van der Waals surface area contributed by atoms with Crippen LogP contribution in [0.15, 0.2) is 36.5 Å². The van der Waals surface area contributed by atoms with Gasteiger partial charge in [0.15, 0.2) is 0 Å². The van der Waals surface area contributed by atoms with Crippen LogP contribution in [0.2, 0.25) is 0 Å². The third kappa shape index (κ3) is 2.38. The minimum atomic E-state index is -0.527. The fraction of sp³-hybridized carbons (Fsp3) is 0.400. The average molecular weight is 288 g/mol. The Bertz CT molecular complexity index is 653. The van der Waals surface area contributed by atoms with Gasteiger partial charge in [-0.15, -0.1) is 0 Å². The van der Waals surface area contributed by atoms with Crippen molar-refractivity contribution in [3.8, 4) is 5.69 Å². The van der Waals surface area contributed by atoms with Crippen LogP contribution >= 0.6 is 0 Å². The summed E-state index contributed by atoms with van der Waals surface area (Å²) in [4.78, 5) is 0. The van der Waals surface area contributed by atoms with Crippen molar-refractivity contribution in [1.29, 1.82) is 0 Å². The lowest BCUT2D eigenvalue weighted by Crippen LogP contribution is -2.41. The highest BCUT2D eigenvalue weighted by Gasteiger charge is 2.52. The largest absolute Gasteiger partial charge is 0.514 e. The van der Waals surface area contributed by atoms with E-state index in [4.69, 9.17) is 9.31 Å². The Labute approximate surface area is 124 Å². The van der Waals surface area contributed by atoms with Crippen molar-refractivity contribution in [2.45, 2.75) is 38.9 Å². The van der Waals surface area contributed by atoms with Gasteiger partial charge in [0, 0.05) is 6.20 Å². The first kappa shape index (κ1) is 14.3. The third-order valence-corrected chi connectivity index (χ3v) is 4.22. The highest BCUT2D eigenvalue weighted by molar-refractivity contribution is 6.61. The number of rotatable bonds is 2. The molecule has 0 unspecified atom stereocenters. The van der Waals surface area contributed by atoms with Crippen LogP contribution in [0, 0.1) is 5.82 Å². The summed E-state index contributed by atoms with van der Waals surface area (Å²) in [5.74, 6) is -0.303. The van der Waals surface area contributed by atoms with E-state index >= 15 is 0 Å². The normalized spacial score (nSPS) is 20.0. The first-order valence-corrected chi connectivity index (χ1v) is 6.96. The molecule has 0 amide bonds. The summed E-state index contributed by atoms with van der Waals surface area (Å²) in [6.07, 6.45) is 1.66. The molecule has 21 heavy (non-hydrogen) atoms. The van der Waals surface area contributed by atoms with Gasteiger partial charge in [-0.3, -0.25) is 0 Å². The van der Waals surface area contributed by atoms with Gasteiger partial charge in [0.1, 0.15) is 5.82 Å². The standard InChI is InChI=1S/C15H18BFN2O2/c1-14(2)15(3,4)21-16(20-14)13-8-9-18-19(13)12-7-5-6-11(17)10-12/h5-10H,1-4H3. The maximum atomic E-state index is 13.4. The van der Waals surface area contributed by atoms with Crippen molar-refractivity contribution in [2.24, 2.45) is 0 Å². The number of halogens is 1. The van der Waals surface area contributed by atoms with Gasteiger partial charge < -0.3 is 9.31 Å². The van der Waals surface area contributed by atoms with Gasteiger partial charge in [0.05, 0.1) is 22.5 Å². The number of benzene rings is 1. The zero-order valence-electron chi connectivity index (χ0n) is 12.6. The third-order valence-electron chi connectivity index (χ3n) is 4.22. The van der Waals surface area contributed by atoms with Crippen molar-refractivity contribution in [1.82, 2.24) is 9.78 Å². The second-order valence-corrected chi connectivity index (χ2v) is 6.24. The summed E-state index contributed by atoms with van der Waals surface area (Å²) in [7, 11) is -0.527. The van der Waals surface area contributed by atoms with Gasteiger partial charge >= 0.3 is 7.12 Å². The lowest BCUT2D eigenvalue weighted by atomic mass is 9.84. The molecule has 1 aliphatic rings. The van der Waals surface area contributed by atoms with E-state index in [-0.39, 0.29) is 5.82 Å². The molecular formula is C15H18BFN2O2. The second kappa shape index (κ2) is 4.68. The van der Waals surface area contributed by atoms with E-state index in [9.17, 15) is 4.39 Å². The maximum Gasteiger partial charge on any atom is 0.514 e. The van der Waals surface area contributed by atoms with E-state index < -0.39 is 18.3 Å². The molecule has 6 heteroatoms. The molecule has 0 radical (unpaired) electrons. The van der Waals surface area contributed by atoms with Gasteiger partial charge in [0.25, 0.3) is 0 Å². The zero-order valence-corrected chi connectivity index (χ0v) is 12.6. The van der Waals surface area contributed by atoms with Gasteiger partial charge in [-0.05, 0) is 52.0 Å². The molecule has 3 rings (SSSR count). The Balaban J connectivity index is 1.98. The summed E-state index contributed by atoms with van der Waals surface area (Å²) >= 11 is 0. The molecule has 1 aromatic heterocycles. The van der Waals surface area contributed by atoms with Crippen LogP contribution in [-0.2, 0) is 9.31 Å². The Kier molecular flexibility index (Phi) is 3.18. The molecule has 1 aromatic carbocycles. The highest BCUT2D eigenvalue weighted by Crippen LogP contribution is 2.36. The van der Waals surface area contributed by atoms with Crippen molar-refractivity contribution < 1.29 is 13.7 Å². The molecule has 1 saturated heterocycles. The Morgan fingerprint density at radius 1 is 1.10 bits per heavy atom. The van der Waals surface area contributed by atoms with E-state index in [1.807, 2.05) is 33.8 Å². The molecule has 2 heterocycles. The number of nitrogens with zero attached hydrogens (tertiary/aromatic N) is 2. The minimum absolute atomic E-state index is 0.303. The van der Waals surface area contributed by atoms with Crippen LogP contribution in [-0.4, -0.2) is 28.1 Å². The molecule has 0 N–H and O–H groups in total. The Morgan fingerprint density at radius 3 is 2.38 bits per heavy atom. The van der Waals surface area contributed by atoms with Gasteiger partial charge in [-0.1, -0.05) is 6.07 Å². The molecule has 1 fully saturated rings. The molecule has 2 aromatic rings. The first-order chi connectivity index (χ1) is 9.80. The van der Waals surface area contributed by atoms with Crippen LogP contribution in [0.25, 0.3) is 5.69 Å². The molecule has 4 nitrogen and oxygen atoms in total. The number of aromatic nitrogens is 2. The van der Waals surface area contributed by atoms with E-state index in [1.54, 1.807) is 23.0 Å². The van der Waals surface area contributed by atoms with Crippen LogP contribution in [0.4, 0.5) is 4.39 Å². The number of hydrogen-bond donors (Lipinski definition) is 0. The van der Waals surface area contributed by atoms with Gasteiger partial charge in [-0.25, -0.2) is 9.07 Å². The summed E-state index contributed by atoms with van der Waals surface area (Å²) in [6, 6.07) is 8.11. The lowest BCUT2D eigenvalue weighted by Gasteiger charge is -2.32. The molecule has 0 bridgehead atoms. The summed E-state index contributed by atoms with van der Waals surface area (Å²) < 4.78 is 27.1. The SMILES string of the molecule is CC1(C)OB(c2ccnn2-c2cccc(F)c2)OC1(C)C. The van der Waals surface area contributed by atoms with Crippen molar-refractivity contribution in [3.05, 3.63) is 42.3 Å². The van der Waals surface area contributed by atoms with Gasteiger partial charge in [-0.2, -0.15) is 5.10 Å². The highest BCUT2D eigenvalue weighted by atomic mass is 19.1. The monoisotopic (exact) mass is 288 g/mol. The first-order valence-electron chi connectivity index (χ1n) is 6.96. The summed E-state index contributed by atoms with van der Waals surface area (Å²) in [5.41, 5.74) is 0.549. The van der Waals surface area contributed by atoms with E-state index in [0.29, 0.717) is 5.69 Å². The van der Waals surface area contributed by atoms with Crippen LogP contribution in [0.5, 0.6) is 0 Å². The predicted molar refractivity (Wildman–Crippen MR) is 79.2 cm³/mol.